The van der Waals surface area contributed by atoms with Gasteiger partial charge in [-0.1, -0.05) is 24.3 Å². The molecule has 0 spiro atoms. The molecule has 6 rings (SSSR count). The Hall–Kier alpha value is -6.52. The van der Waals surface area contributed by atoms with E-state index in [9.17, 15) is 19.2 Å². The fourth-order valence-corrected chi connectivity index (χ4v) is 5.95. The number of aromatic nitrogens is 4. The fourth-order valence-electron chi connectivity index (χ4n) is 4.34. The number of nitrogens with two attached hydrogens (primary N) is 2. The maximum Gasteiger partial charge on any atom is 0.275 e. The van der Waals surface area contributed by atoms with E-state index in [-0.39, 0.29) is 22.5 Å². The molecule has 6 N–H and O–H groups in total. The van der Waals surface area contributed by atoms with Crippen LogP contribution < -0.4 is 31.6 Å². The van der Waals surface area contributed by atoms with Crippen LogP contribution in [-0.4, -0.2) is 57.8 Å². The minimum atomic E-state index is -0.616. The Labute approximate surface area is 293 Å². The molecular weight excluding hydrogens is 681 g/mol. The summed E-state index contributed by atoms with van der Waals surface area (Å²) < 4.78 is 10.2. The lowest BCUT2D eigenvalue weighted by molar-refractivity contribution is 0.0989. The first kappa shape index (κ1) is 34.8. The molecular formula is C34H28N8O6S2. The lowest BCUT2D eigenvalue weighted by Gasteiger charge is -2.07. The number of ether oxygens (including phenoxy) is 2. The van der Waals surface area contributed by atoms with Crippen LogP contribution in [0.2, 0.25) is 0 Å². The van der Waals surface area contributed by atoms with Crippen LogP contribution in [0.3, 0.4) is 0 Å². The molecule has 16 heteroatoms. The number of pyridine rings is 2. The van der Waals surface area contributed by atoms with Gasteiger partial charge in [-0.15, -0.1) is 22.7 Å². The first-order valence-electron chi connectivity index (χ1n) is 14.5. The van der Waals surface area contributed by atoms with E-state index in [1.807, 2.05) is 12.1 Å². The molecule has 0 radical (unpaired) electrons. The summed E-state index contributed by atoms with van der Waals surface area (Å²) in [6.45, 7) is 0. The fraction of sp³-hybridized carbons (Fsp3) is 0.0588. The lowest BCUT2D eigenvalue weighted by Crippen LogP contribution is -2.18. The number of rotatable bonds is 10. The molecule has 0 fully saturated rings. The van der Waals surface area contributed by atoms with Gasteiger partial charge in [0.25, 0.3) is 23.6 Å². The number of hydrogen-bond donors (Lipinski definition) is 4. The Morgan fingerprint density at radius 3 is 1.74 bits per heavy atom. The second-order valence-corrected chi connectivity index (χ2v) is 11.7. The number of nitrogens with one attached hydrogen (secondary N) is 2. The molecule has 4 amide bonds. The Bertz CT molecular complexity index is 2170. The molecule has 0 aliphatic carbocycles. The predicted octanol–water partition coefficient (Wildman–Crippen LogP) is 5.13. The third-order valence-corrected chi connectivity index (χ3v) is 8.51. The van der Waals surface area contributed by atoms with Gasteiger partial charge in [-0.25, -0.2) is 19.9 Å². The third kappa shape index (κ3) is 8.30. The molecule has 2 aromatic carbocycles. The van der Waals surface area contributed by atoms with Crippen molar-refractivity contribution in [1.29, 1.82) is 0 Å². The summed E-state index contributed by atoms with van der Waals surface area (Å²) in [4.78, 5) is 64.5. The Morgan fingerprint density at radius 2 is 1.22 bits per heavy atom. The van der Waals surface area contributed by atoms with E-state index in [1.165, 1.54) is 36.9 Å². The van der Waals surface area contributed by atoms with E-state index in [2.05, 4.69) is 30.6 Å². The molecule has 0 atom stereocenters. The summed E-state index contributed by atoms with van der Waals surface area (Å²) in [5.41, 5.74) is 13.7. The summed E-state index contributed by atoms with van der Waals surface area (Å²) in [7, 11) is 3.06. The minimum Gasteiger partial charge on any atom is -0.481 e. The highest BCUT2D eigenvalue weighted by atomic mass is 32.1. The summed E-state index contributed by atoms with van der Waals surface area (Å²) >= 11 is 2.62. The van der Waals surface area contributed by atoms with Gasteiger partial charge in [0.15, 0.2) is 0 Å². The maximum atomic E-state index is 12.4. The zero-order valence-corrected chi connectivity index (χ0v) is 28.1. The van der Waals surface area contributed by atoms with Crippen molar-refractivity contribution < 1.29 is 28.7 Å². The van der Waals surface area contributed by atoms with Gasteiger partial charge in [0.1, 0.15) is 21.4 Å². The monoisotopic (exact) mass is 708 g/mol. The number of carbonyl (C=O) groups is 4. The quantitative estimate of drug-likeness (QED) is 0.147. The van der Waals surface area contributed by atoms with Crippen molar-refractivity contribution in [2.45, 2.75) is 0 Å². The van der Waals surface area contributed by atoms with Gasteiger partial charge in [-0.3, -0.25) is 19.2 Å². The molecule has 4 aromatic heterocycles. The summed E-state index contributed by atoms with van der Waals surface area (Å²) in [5, 5.41) is 9.85. The van der Waals surface area contributed by atoms with Crippen LogP contribution in [0.25, 0.3) is 21.1 Å². The molecule has 0 saturated carbocycles. The highest BCUT2D eigenvalue weighted by Gasteiger charge is 2.18. The maximum absolute atomic E-state index is 12.4. The van der Waals surface area contributed by atoms with Crippen LogP contribution in [0.15, 0.2) is 96.0 Å². The number of amides is 4. The van der Waals surface area contributed by atoms with E-state index in [0.29, 0.717) is 38.7 Å². The molecule has 0 unspecified atom stereocenters. The zero-order valence-electron chi connectivity index (χ0n) is 26.4. The summed E-state index contributed by atoms with van der Waals surface area (Å²) in [6, 6.07) is 20.2. The van der Waals surface area contributed by atoms with Crippen LogP contribution >= 0.6 is 22.7 Å². The molecule has 252 valence electrons. The normalized spacial score (nSPS) is 10.3. The summed E-state index contributed by atoms with van der Waals surface area (Å²) in [5.74, 6) is -1.14. The van der Waals surface area contributed by atoms with Gasteiger partial charge in [-0.05, 0) is 42.5 Å². The van der Waals surface area contributed by atoms with Gasteiger partial charge in [0, 0.05) is 34.8 Å². The van der Waals surface area contributed by atoms with Crippen molar-refractivity contribution in [1.82, 2.24) is 19.9 Å². The van der Waals surface area contributed by atoms with E-state index < -0.39 is 23.6 Å². The predicted molar refractivity (Wildman–Crippen MR) is 190 cm³/mol. The van der Waals surface area contributed by atoms with Crippen LogP contribution in [0, 0.1) is 0 Å². The number of primary amides is 2. The number of carbonyl (C=O) groups excluding carboxylic acids is 4. The van der Waals surface area contributed by atoms with Gasteiger partial charge in [-0.2, -0.15) is 0 Å². The number of nitrogens with zero attached hydrogens (tertiary/aromatic N) is 4. The third-order valence-electron chi connectivity index (χ3n) is 6.74. The number of para-hydroxylation sites is 2. The molecule has 0 aliphatic rings. The molecule has 4 heterocycles. The van der Waals surface area contributed by atoms with Crippen molar-refractivity contribution in [3.8, 4) is 32.9 Å². The average Bonchev–Trinajstić information content (AvgIpc) is 3.84. The van der Waals surface area contributed by atoms with Crippen molar-refractivity contribution in [2.24, 2.45) is 11.5 Å². The Kier molecular flexibility index (Phi) is 11.2. The van der Waals surface area contributed by atoms with E-state index in [1.54, 1.807) is 83.8 Å². The van der Waals surface area contributed by atoms with Crippen LogP contribution in [0.1, 0.15) is 41.7 Å². The van der Waals surface area contributed by atoms with Crippen molar-refractivity contribution in [3.63, 3.8) is 0 Å². The number of thiazole rings is 2. The van der Waals surface area contributed by atoms with Crippen molar-refractivity contribution in [3.05, 3.63) is 118 Å². The molecule has 0 bridgehead atoms. The average molecular weight is 709 g/mol. The highest BCUT2D eigenvalue weighted by molar-refractivity contribution is 7.13. The van der Waals surface area contributed by atoms with Crippen LogP contribution in [-0.2, 0) is 0 Å². The molecule has 6 aromatic rings. The number of benzene rings is 2. The van der Waals surface area contributed by atoms with Gasteiger partial charge < -0.3 is 31.6 Å². The number of hydrogen-bond acceptors (Lipinski definition) is 12. The molecule has 50 heavy (non-hydrogen) atoms. The smallest absolute Gasteiger partial charge is 0.275 e. The molecule has 0 aliphatic heterocycles. The van der Waals surface area contributed by atoms with Crippen molar-refractivity contribution >= 4 is 57.7 Å². The Morgan fingerprint density at radius 1 is 0.660 bits per heavy atom. The van der Waals surface area contributed by atoms with E-state index in [4.69, 9.17) is 20.9 Å². The largest absolute Gasteiger partial charge is 0.481 e. The Balaban J connectivity index is 0.000000194. The molecule has 0 saturated heterocycles. The first-order valence-corrected chi connectivity index (χ1v) is 16.3. The van der Waals surface area contributed by atoms with Gasteiger partial charge in [0.2, 0.25) is 11.8 Å². The topological polar surface area (TPSA) is 214 Å². The van der Waals surface area contributed by atoms with Crippen molar-refractivity contribution in [2.75, 3.05) is 24.9 Å². The zero-order chi connectivity index (χ0) is 35.6. The minimum absolute atomic E-state index is 0.227. The second-order valence-electron chi connectivity index (χ2n) is 9.95. The van der Waals surface area contributed by atoms with E-state index >= 15 is 0 Å². The van der Waals surface area contributed by atoms with Gasteiger partial charge >= 0.3 is 0 Å². The van der Waals surface area contributed by atoms with Crippen LogP contribution in [0.5, 0.6) is 11.8 Å². The second kappa shape index (κ2) is 16.1. The number of methoxy groups -OCH3 is 2. The highest BCUT2D eigenvalue weighted by Crippen LogP contribution is 2.30. The van der Waals surface area contributed by atoms with Gasteiger partial charge in [0.05, 0.1) is 42.3 Å². The number of anilines is 2. The first-order chi connectivity index (χ1) is 24.2. The summed E-state index contributed by atoms with van der Waals surface area (Å²) in [6.07, 6.45) is 3.24. The lowest BCUT2D eigenvalue weighted by atomic mass is 10.1. The van der Waals surface area contributed by atoms with E-state index in [0.717, 1.165) is 5.56 Å². The van der Waals surface area contributed by atoms with Crippen LogP contribution in [0.4, 0.5) is 11.4 Å². The molecule has 14 nitrogen and oxygen atoms in total. The standard InChI is InChI=1S/2C17H14N4O3S/c1-24-16-11(6-4-8-19-16)17-21-13(9-25-17)15(23)20-12-7-3-2-5-10(12)14(18)22;1-24-14-7-6-10(8-19-14)17-21-13(9-25-17)16(23)20-12-5-3-2-4-11(12)15(18)22/h2*2-9H,1H3,(H2,18,22)(H,20,23). The SMILES string of the molecule is COc1ccc(-c2nc(C(=O)Nc3ccccc3C(N)=O)cs2)cn1.COc1ncccc1-c1nc(C(=O)Nc2ccccc2C(N)=O)cs1.